The van der Waals surface area contributed by atoms with Crippen molar-refractivity contribution in [2.45, 2.75) is 59.2 Å². The van der Waals surface area contributed by atoms with Gasteiger partial charge in [0.1, 0.15) is 0 Å². The van der Waals surface area contributed by atoms with Crippen molar-refractivity contribution in [1.29, 1.82) is 0 Å². The second kappa shape index (κ2) is 16.0. The minimum Gasteiger partial charge on any atom is -0.441 e. The van der Waals surface area contributed by atoms with Crippen LogP contribution in [0.25, 0.3) is 49.9 Å². The average Bonchev–Trinajstić information content (AvgIpc) is 3.91. The SMILES string of the molecule is CCCN(CCC)c1ccc(C2(C=C(c3c(-c4ccccc4)n(CC)c4ccccc34)c3c(-c4ccccc4)n(CC)c4ccccc34)OC(=O)c3ccccc32)cc1. The van der Waals surface area contributed by atoms with Crippen LogP contribution < -0.4 is 4.90 Å². The molecule has 1 unspecified atom stereocenters. The first-order valence-corrected chi connectivity index (χ1v) is 21.3. The quantitative estimate of drug-likeness (QED) is 0.110. The summed E-state index contributed by atoms with van der Waals surface area (Å²) in [4.78, 5) is 16.7. The third-order valence-corrected chi connectivity index (χ3v) is 12.0. The molecule has 1 aliphatic rings. The summed E-state index contributed by atoms with van der Waals surface area (Å²) in [6.07, 6.45) is 4.42. The van der Waals surface area contributed by atoms with Crippen molar-refractivity contribution in [3.63, 3.8) is 0 Å². The lowest BCUT2D eigenvalue weighted by Crippen LogP contribution is -2.27. The Balaban J connectivity index is 1.47. The van der Waals surface area contributed by atoms with Crippen molar-refractivity contribution >= 4 is 39.0 Å². The van der Waals surface area contributed by atoms with E-state index in [9.17, 15) is 4.79 Å². The molecule has 59 heavy (non-hydrogen) atoms. The molecule has 0 spiro atoms. The second-order valence-corrected chi connectivity index (χ2v) is 15.5. The predicted octanol–water partition coefficient (Wildman–Crippen LogP) is 13.1. The summed E-state index contributed by atoms with van der Waals surface area (Å²) in [6, 6.07) is 55.7. The van der Waals surface area contributed by atoms with E-state index in [1.54, 1.807) is 0 Å². The maximum absolute atomic E-state index is 14.3. The summed E-state index contributed by atoms with van der Waals surface area (Å²) < 4.78 is 11.8. The Labute approximate surface area is 347 Å². The summed E-state index contributed by atoms with van der Waals surface area (Å²) in [5, 5.41) is 2.29. The van der Waals surface area contributed by atoms with E-state index in [1.807, 2.05) is 18.2 Å². The van der Waals surface area contributed by atoms with Gasteiger partial charge in [0.2, 0.25) is 0 Å². The number of esters is 1. The van der Waals surface area contributed by atoms with E-state index in [4.69, 9.17) is 4.74 Å². The van der Waals surface area contributed by atoms with Gasteiger partial charge in [-0.25, -0.2) is 4.79 Å². The van der Waals surface area contributed by atoms with Crippen molar-refractivity contribution < 1.29 is 9.53 Å². The molecule has 0 radical (unpaired) electrons. The van der Waals surface area contributed by atoms with Gasteiger partial charge in [-0.1, -0.05) is 141 Å². The van der Waals surface area contributed by atoms with E-state index < -0.39 is 5.60 Å². The van der Waals surface area contributed by atoms with Crippen LogP contribution in [0.3, 0.4) is 0 Å². The number of cyclic esters (lactones) is 1. The molecule has 6 aromatic carbocycles. The van der Waals surface area contributed by atoms with Crippen LogP contribution in [-0.2, 0) is 23.4 Å². The third-order valence-electron chi connectivity index (χ3n) is 12.0. The molecule has 5 heteroatoms. The Kier molecular flexibility index (Phi) is 10.3. The Morgan fingerprint density at radius 3 is 1.56 bits per heavy atom. The highest BCUT2D eigenvalue weighted by Gasteiger charge is 2.47. The molecule has 2 aromatic heterocycles. The lowest BCUT2D eigenvalue weighted by molar-refractivity contribution is 0.0276. The number of carbonyl (C=O) groups is 1. The summed E-state index contributed by atoms with van der Waals surface area (Å²) in [5.41, 5.74) is 12.3. The average molecular weight is 774 g/mol. The zero-order valence-electron chi connectivity index (χ0n) is 34.5. The van der Waals surface area contributed by atoms with Crippen LogP contribution in [0.5, 0.6) is 0 Å². The van der Waals surface area contributed by atoms with E-state index in [0.29, 0.717) is 5.56 Å². The fraction of sp³-hybridized carbons (Fsp3) is 0.204. The van der Waals surface area contributed by atoms with E-state index in [-0.39, 0.29) is 5.97 Å². The zero-order valence-corrected chi connectivity index (χ0v) is 34.5. The van der Waals surface area contributed by atoms with Gasteiger partial charge in [-0.3, -0.25) is 0 Å². The number of carbonyl (C=O) groups excluding carboxylic acids is 1. The van der Waals surface area contributed by atoms with Crippen LogP contribution >= 0.6 is 0 Å². The molecule has 9 rings (SSSR count). The van der Waals surface area contributed by atoms with Gasteiger partial charge in [0.15, 0.2) is 5.60 Å². The lowest BCUT2D eigenvalue weighted by atomic mass is 9.80. The number of fused-ring (bicyclic) bond motifs is 3. The number of aromatic nitrogens is 2. The summed E-state index contributed by atoms with van der Waals surface area (Å²) in [6.45, 7) is 12.4. The molecule has 1 atom stereocenters. The molecule has 0 aliphatic carbocycles. The number of benzene rings is 6. The summed E-state index contributed by atoms with van der Waals surface area (Å²) >= 11 is 0. The highest BCUT2D eigenvalue weighted by atomic mass is 16.6. The minimum absolute atomic E-state index is 0.322. The summed E-state index contributed by atoms with van der Waals surface area (Å²) in [7, 11) is 0. The molecular formula is C54H51N3O2. The number of rotatable bonds is 13. The molecule has 0 fully saturated rings. The monoisotopic (exact) mass is 773 g/mol. The Hall–Kier alpha value is -6.59. The number of para-hydroxylation sites is 2. The molecular weight excluding hydrogens is 723 g/mol. The fourth-order valence-electron chi connectivity index (χ4n) is 9.55. The molecule has 294 valence electrons. The van der Waals surface area contributed by atoms with E-state index in [0.717, 1.165) is 111 Å². The predicted molar refractivity (Wildman–Crippen MR) is 245 cm³/mol. The Morgan fingerprint density at radius 1 is 0.576 bits per heavy atom. The van der Waals surface area contributed by atoms with Crippen LogP contribution in [0.2, 0.25) is 0 Å². The van der Waals surface area contributed by atoms with Gasteiger partial charge in [0, 0.05) is 75.9 Å². The first kappa shape index (κ1) is 38.0. The van der Waals surface area contributed by atoms with Crippen molar-refractivity contribution in [1.82, 2.24) is 9.13 Å². The Bertz CT molecular complexity index is 2680. The van der Waals surface area contributed by atoms with Crippen LogP contribution in [0.15, 0.2) is 164 Å². The highest BCUT2D eigenvalue weighted by molar-refractivity contribution is 6.12. The van der Waals surface area contributed by atoms with Crippen molar-refractivity contribution in [3.05, 3.63) is 192 Å². The molecule has 5 nitrogen and oxygen atoms in total. The number of aryl methyl sites for hydroxylation is 2. The van der Waals surface area contributed by atoms with Crippen molar-refractivity contribution in [2.24, 2.45) is 0 Å². The van der Waals surface area contributed by atoms with Crippen LogP contribution in [0, 0.1) is 0 Å². The van der Waals surface area contributed by atoms with E-state index in [1.165, 1.54) is 5.69 Å². The second-order valence-electron chi connectivity index (χ2n) is 15.5. The van der Waals surface area contributed by atoms with Crippen LogP contribution in [0.1, 0.15) is 73.1 Å². The van der Waals surface area contributed by atoms with Gasteiger partial charge in [0.25, 0.3) is 0 Å². The zero-order chi connectivity index (χ0) is 40.5. The summed E-state index contributed by atoms with van der Waals surface area (Å²) in [5.74, 6) is -0.322. The first-order chi connectivity index (χ1) is 29.0. The van der Waals surface area contributed by atoms with Gasteiger partial charge in [-0.05, 0) is 79.8 Å². The number of ether oxygens (including phenoxy) is 1. The van der Waals surface area contributed by atoms with Gasteiger partial charge in [0.05, 0.1) is 17.0 Å². The normalized spacial score (nSPS) is 14.7. The topological polar surface area (TPSA) is 39.4 Å². The van der Waals surface area contributed by atoms with Gasteiger partial charge >= 0.3 is 5.97 Å². The van der Waals surface area contributed by atoms with Crippen molar-refractivity contribution in [3.8, 4) is 22.5 Å². The lowest BCUT2D eigenvalue weighted by Gasteiger charge is -2.30. The first-order valence-electron chi connectivity index (χ1n) is 21.3. The van der Waals surface area contributed by atoms with Gasteiger partial charge in [-0.2, -0.15) is 0 Å². The maximum Gasteiger partial charge on any atom is 0.340 e. The standard InChI is InChI=1S/C54H51N3O2/c1-5-35-55(36-6-2)41-33-31-40(32-34-41)54(46-28-18-15-25-42(46)53(58)59-54)37-45(49-43-26-16-19-29-47(43)56(7-3)51(49)38-21-11-9-12-22-38)50-44-27-17-20-30-48(44)57(8-4)52(50)39-23-13-10-14-24-39/h9-34,37H,5-8,35-36H2,1-4H3. The largest absolute Gasteiger partial charge is 0.441 e. The molecule has 0 amide bonds. The highest BCUT2D eigenvalue weighted by Crippen LogP contribution is 2.51. The molecule has 1 aliphatic heterocycles. The van der Waals surface area contributed by atoms with Crippen LogP contribution in [-0.4, -0.2) is 28.2 Å². The minimum atomic E-state index is -1.24. The van der Waals surface area contributed by atoms with E-state index in [2.05, 4.69) is 187 Å². The number of nitrogens with zero attached hydrogens (tertiary/aromatic N) is 3. The molecule has 0 bridgehead atoms. The Morgan fingerprint density at radius 2 is 1.05 bits per heavy atom. The molecule has 0 N–H and O–H groups in total. The smallest absolute Gasteiger partial charge is 0.340 e. The number of hydrogen-bond acceptors (Lipinski definition) is 3. The number of anilines is 1. The maximum atomic E-state index is 14.3. The molecule has 3 heterocycles. The van der Waals surface area contributed by atoms with Gasteiger partial charge < -0.3 is 18.8 Å². The van der Waals surface area contributed by atoms with Crippen LogP contribution in [0.4, 0.5) is 5.69 Å². The molecule has 0 saturated carbocycles. The van der Waals surface area contributed by atoms with Gasteiger partial charge in [-0.15, -0.1) is 0 Å². The molecule has 0 saturated heterocycles. The van der Waals surface area contributed by atoms with E-state index >= 15 is 0 Å². The molecule has 8 aromatic rings. The fourth-order valence-corrected chi connectivity index (χ4v) is 9.55. The van der Waals surface area contributed by atoms with Crippen molar-refractivity contribution in [2.75, 3.05) is 18.0 Å². The third kappa shape index (κ3) is 6.37. The number of hydrogen-bond donors (Lipinski definition) is 0.